The quantitative estimate of drug-likeness (QED) is 0.286. The van der Waals surface area contributed by atoms with E-state index in [2.05, 4.69) is 5.43 Å². The van der Waals surface area contributed by atoms with Gasteiger partial charge < -0.3 is 10.0 Å². The minimum Gasteiger partial charge on any atom is -0.393 e. The zero-order valence-corrected chi connectivity index (χ0v) is 8.29. The Hall–Kier alpha value is -0.810. The number of nitrogens with one attached hydrogen (secondary N) is 1. The van der Waals surface area contributed by atoms with Crippen LogP contribution >= 0.6 is 0 Å². The third kappa shape index (κ3) is 4.10. The average molecular weight is 189 g/mol. The van der Waals surface area contributed by atoms with Crippen LogP contribution in [-0.2, 0) is 0 Å². The van der Waals surface area contributed by atoms with Crippen LogP contribution in [0.5, 0.6) is 0 Å². The number of hydrogen-bond acceptors (Lipinski definition) is 3. The van der Waals surface area contributed by atoms with Crippen LogP contribution in [0.2, 0.25) is 0 Å². The van der Waals surface area contributed by atoms with Gasteiger partial charge in [-0.1, -0.05) is 13.8 Å². The number of aliphatic hydroxyl groups excluding tert-OH is 1. The highest BCUT2D eigenvalue weighted by Gasteiger charge is 2.19. The van der Waals surface area contributed by atoms with Crippen LogP contribution in [0, 0.1) is 0 Å². The molecule has 0 spiro atoms. The molecule has 2 amide bonds. The van der Waals surface area contributed by atoms with E-state index in [0.717, 1.165) is 0 Å². The summed E-state index contributed by atoms with van der Waals surface area (Å²) in [6.45, 7) is 5.18. The minimum absolute atomic E-state index is 0.253. The molecule has 1 heterocycles. The maximum atomic E-state index is 10.9. The van der Waals surface area contributed by atoms with E-state index in [-0.39, 0.29) is 12.1 Å². The Labute approximate surface area is 78.9 Å². The summed E-state index contributed by atoms with van der Waals surface area (Å²) in [6.07, 6.45) is 1.04. The lowest BCUT2D eigenvalue weighted by Crippen LogP contribution is -2.47. The fraction of sp³-hybridized carbons (Fsp3) is 0.875. The number of rotatable bonds is 0. The molecular weight excluding hydrogens is 170 g/mol. The van der Waals surface area contributed by atoms with Gasteiger partial charge in [0.25, 0.3) is 0 Å². The Bertz CT molecular complexity index is 144. The van der Waals surface area contributed by atoms with Crippen molar-refractivity contribution in [3.63, 3.8) is 0 Å². The van der Waals surface area contributed by atoms with Crippen molar-refractivity contribution in [1.82, 2.24) is 10.3 Å². The molecule has 5 heteroatoms. The number of hydrazine groups is 1. The molecule has 1 saturated heterocycles. The van der Waals surface area contributed by atoms with E-state index in [1.165, 1.54) is 0 Å². The molecule has 1 rings (SSSR count). The lowest BCUT2D eigenvalue weighted by molar-refractivity contribution is 0.0937. The number of amides is 2. The fourth-order valence-corrected chi connectivity index (χ4v) is 1.16. The van der Waals surface area contributed by atoms with Crippen LogP contribution in [0.25, 0.3) is 0 Å². The molecule has 0 aliphatic carbocycles. The summed E-state index contributed by atoms with van der Waals surface area (Å²) in [5.74, 6) is 4.93. The summed E-state index contributed by atoms with van der Waals surface area (Å²) in [4.78, 5) is 12.5. The standard InChI is InChI=1S/C6H13N3O2.C2H6/c7-8-6(11)9-3-1-5(10)2-4-9;1-2/h5,10H,1-4,7H2,(H,8,11);1-2H3. The summed E-state index contributed by atoms with van der Waals surface area (Å²) in [6, 6.07) is -0.267. The van der Waals surface area contributed by atoms with Crippen LogP contribution in [0.4, 0.5) is 4.79 Å². The molecule has 1 fully saturated rings. The first-order valence-electron chi connectivity index (χ1n) is 4.67. The van der Waals surface area contributed by atoms with E-state index in [1.54, 1.807) is 4.90 Å². The molecule has 0 atom stereocenters. The number of piperidine rings is 1. The monoisotopic (exact) mass is 189 g/mol. The third-order valence-electron chi connectivity index (χ3n) is 1.88. The second-order valence-corrected chi connectivity index (χ2v) is 2.67. The molecule has 0 saturated carbocycles. The summed E-state index contributed by atoms with van der Waals surface area (Å²) in [5.41, 5.74) is 2.05. The van der Waals surface area contributed by atoms with Crippen molar-refractivity contribution in [2.75, 3.05) is 13.1 Å². The molecule has 0 bridgehead atoms. The van der Waals surface area contributed by atoms with Gasteiger partial charge in [0.05, 0.1) is 6.10 Å². The van der Waals surface area contributed by atoms with Gasteiger partial charge in [0.2, 0.25) is 0 Å². The van der Waals surface area contributed by atoms with Crippen molar-refractivity contribution in [2.24, 2.45) is 5.84 Å². The summed E-state index contributed by atoms with van der Waals surface area (Å²) in [5, 5.41) is 9.09. The third-order valence-corrected chi connectivity index (χ3v) is 1.88. The SMILES string of the molecule is CC.NNC(=O)N1CCC(O)CC1. The van der Waals surface area contributed by atoms with Gasteiger partial charge in [0, 0.05) is 13.1 Å². The van der Waals surface area contributed by atoms with Gasteiger partial charge in [-0.25, -0.2) is 10.6 Å². The molecule has 0 radical (unpaired) electrons. The number of carbonyl (C=O) groups excluding carboxylic acids is 1. The summed E-state index contributed by atoms with van der Waals surface area (Å²) >= 11 is 0. The van der Waals surface area contributed by atoms with Crippen molar-refractivity contribution in [3.8, 4) is 0 Å². The van der Waals surface area contributed by atoms with Crippen molar-refractivity contribution in [1.29, 1.82) is 0 Å². The van der Waals surface area contributed by atoms with Crippen LogP contribution in [0.3, 0.4) is 0 Å². The second-order valence-electron chi connectivity index (χ2n) is 2.67. The second kappa shape index (κ2) is 6.68. The van der Waals surface area contributed by atoms with Gasteiger partial charge >= 0.3 is 6.03 Å². The Morgan fingerprint density at radius 2 is 1.92 bits per heavy atom. The first-order valence-corrected chi connectivity index (χ1v) is 4.67. The number of hydrogen-bond donors (Lipinski definition) is 3. The Morgan fingerprint density at radius 1 is 1.46 bits per heavy atom. The topological polar surface area (TPSA) is 78.6 Å². The molecule has 0 aromatic rings. The molecule has 5 nitrogen and oxygen atoms in total. The predicted molar refractivity (Wildman–Crippen MR) is 50.9 cm³/mol. The number of aliphatic hydroxyl groups is 1. The first kappa shape index (κ1) is 12.2. The number of urea groups is 1. The van der Waals surface area contributed by atoms with Gasteiger partial charge in [-0.05, 0) is 12.8 Å². The highest BCUT2D eigenvalue weighted by atomic mass is 16.3. The van der Waals surface area contributed by atoms with Gasteiger partial charge in [0.15, 0.2) is 0 Å². The maximum Gasteiger partial charge on any atom is 0.331 e. The smallest absolute Gasteiger partial charge is 0.331 e. The molecule has 4 N–H and O–H groups in total. The average Bonchev–Trinajstić information content (AvgIpc) is 2.21. The lowest BCUT2D eigenvalue weighted by Gasteiger charge is -2.28. The normalized spacial score (nSPS) is 17.4. The molecule has 0 aromatic heterocycles. The Morgan fingerprint density at radius 3 is 2.31 bits per heavy atom. The van der Waals surface area contributed by atoms with Crippen LogP contribution in [0.15, 0.2) is 0 Å². The van der Waals surface area contributed by atoms with Crippen molar-refractivity contribution in [3.05, 3.63) is 0 Å². The van der Waals surface area contributed by atoms with Crippen LogP contribution in [-0.4, -0.2) is 35.2 Å². The number of likely N-dealkylation sites (tertiary alicyclic amines) is 1. The van der Waals surface area contributed by atoms with Gasteiger partial charge in [0.1, 0.15) is 0 Å². The molecule has 13 heavy (non-hydrogen) atoms. The Kier molecular flexibility index (Phi) is 6.26. The predicted octanol–water partition coefficient (Wildman–Crippen LogP) is 0.0526. The minimum atomic E-state index is -0.267. The molecule has 78 valence electrons. The van der Waals surface area contributed by atoms with Gasteiger partial charge in [-0.3, -0.25) is 5.43 Å². The zero-order chi connectivity index (χ0) is 10.3. The molecular formula is C8H19N3O2. The summed E-state index contributed by atoms with van der Waals surface area (Å²) < 4.78 is 0. The van der Waals surface area contributed by atoms with Crippen molar-refractivity contribution < 1.29 is 9.90 Å². The van der Waals surface area contributed by atoms with E-state index in [4.69, 9.17) is 10.9 Å². The Balaban J connectivity index is 0.000000671. The lowest BCUT2D eigenvalue weighted by atomic mass is 10.1. The number of nitrogens with two attached hydrogens (primary N) is 1. The zero-order valence-electron chi connectivity index (χ0n) is 8.29. The molecule has 1 aliphatic rings. The summed E-state index contributed by atoms with van der Waals surface area (Å²) in [7, 11) is 0. The fourth-order valence-electron chi connectivity index (χ4n) is 1.16. The van der Waals surface area contributed by atoms with E-state index in [1.807, 2.05) is 13.8 Å². The van der Waals surface area contributed by atoms with Crippen LogP contribution in [0.1, 0.15) is 26.7 Å². The molecule has 1 aliphatic heterocycles. The highest BCUT2D eigenvalue weighted by Crippen LogP contribution is 2.08. The van der Waals surface area contributed by atoms with Gasteiger partial charge in [-0.15, -0.1) is 0 Å². The largest absolute Gasteiger partial charge is 0.393 e. The number of nitrogens with zero attached hydrogens (tertiary/aromatic N) is 1. The van der Waals surface area contributed by atoms with Crippen molar-refractivity contribution >= 4 is 6.03 Å². The highest BCUT2D eigenvalue weighted by molar-refractivity contribution is 5.73. The van der Waals surface area contributed by atoms with E-state index in [0.29, 0.717) is 25.9 Å². The number of carbonyl (C=O) groups is 1. The first-order chi connectivity index (χ1) is 6.24. The van der Waals surface area contributed by atoms with E-state index < -0.39 is 0 Å². The molecule has 0 unspecified atom stereocenters. The van der Waals surface area contributed by atoms with E-state index in [9.17, 15) is 4.79 Å². The maximum absolute atomic E-state index is 10.9. The van der Waals surface area contributed by atoms with Crippen molar-refractivity contribution in [2.45, 2.75) is 32.8 Å². The van der Waals surface area contributed by atoms with E-state index >= 15 is 0 Å². The molecule has 0 aromatic carbocycles. The van der Waals surface area contributed by atoms with Gasteiger partial charge in [-0.2, -0.15) is 0 Å². The van der Waals surface area contributed by atoms with Crippen LogP contribution < -0.4 is 11.3 Å².